The molecule has 60 valence electrons. The van der Waals surface area contributed by atoms with Crippen LogP contribution in [0.3, 0.4) is 0 Å². The van der Waals surface area contributed by atoms with Gasteiger partial charge in [0.15, 0.2) is 0 Å². The third-order valence-electron chi connectivity index (χ3n) is 1.45. The zero-order chi connectivity index (χ0) is 8.27. The predicted octanol–water partition coefficient (Wildman–Crippen LogP) is 1.72. The molecule has 1 aromatic carbocycles. The van der Waals surface area contributed by atoms with Gasteiger partial charge in [-0.2, -0.15) is 0 Å². The molecule has 11 heavy (non-hydrogen) atoms. The lowest BCUT2D eigenvalue weighted by molar-refractivity contribution is 0.623. The Bertz CT molecular complexity index is 233. The van der Waals surface area contributed by atoms with E-state index >= 15 is 0 Å². The quantitative estimate of drug-likeness (QED) is 0.687. The van der Waals surface area contributed by atoms with Crippen LogP contribution in [0.25, 0.3) is 0 Å². The molecule has 2 N–H and O–H groups in total. The van der Waals surface area contributed by atoms with Gasteiger partial charge in [0.25, 0.3) is 0 Å². The summed E-state index contributed by atoms with van der Waals surface area (Å²) in [5.41, 5.74) is 6.51. The van der Waals surface area contributed by atoms with E-state index in [9.17, 15) is 4.39 Å². The molecule has 0 saturated carbocycles. The SMILES string of the molecule is C[C@@H](N)Cc1cccc(F)c1. The van der Waals surface area contributed by atoms with Gasteiger partial charge in [0.05, 0.1) is 0 Å². The topological polar surface area (TPSA) is 26.0 Å². The van der Waals surface area contributed by atoms with Gasteiger partial charge in [0.1, 0.15) is 5.82 Å². The first-order chi connectivity index (χ1) is 5.18. The van der Waals surface area contributed by atoms with Gasteiger partial charge in [-0.3, -0.25) is 0 Å². The Balaban J connectivity index is 2.71. The van der Waals surface area contributed by atoms with Crippen molar-refractivity contribution in [2.24, 2.45) is 5.73 Å². The highest BCUT2D eigenvalue weighted by Gasteiger charge is 1.97. The van der Waals surface area contributed by atoms with E-state index in [-0.39, 0.29) is 11.9 Å². The van der Waals surface area contributed by atoms with Crippen molar-refractivity contribution in [1.29, 1.82) is 0 Å². The standard InChI is InChI=1S/C9H12FN/c1-7(11)5-8-3-2-4-9(10)6-8/h2-4,6-7H,5,11H2,1H3/t7-/m1/s1. The maximum Gasteiger partial charge on any atom is 0.123 e. The summed E-state index contributed by atoms with van der Waals surface area (Å²) in [7, 11) is 0. The van der Waals surface area contributed by atoms with E-state index < -0.39 is 0 Å². The van der Waals surface area contributed by atoms with Crippen molar-refractivity contribution >= 4 is 0 Å². The van der Waals surface area contributed by atoms with Gasteiger partial charge in [0, 0.05) is 6.04 Å². The molecule has 0 fully saturated rings. The van der Waals surface area contributed by atoms with Gasteiger partial charge < -0.3 is 5.73 Å². The third kappa shape index (κ3) is 2.68. The minimum absolute atomic E-state index is 0.0943. The molecule has 0 amide bonds. The van der Waals surface area contributed by atoms with Crippen LogP contribution in [0.1, 0.15) is 12.5 Å². The molecular formula is C9H12FN. The van der Waals surface area contributed by atoms with Crippen molar-refractivity contribution in [2.45, 2.75) is 19.4 Å². The van der Waals surface area contributed by atoms with Gasteiger partial charge in [-0.15, -0.1) is 0 Å². The molecule has 1 nitrogen and oxygen atoms in total. The number of hydrogen-bond acceptors (Lipinski definition) is 1. The van der Waals surface area contributed by atoms with Crippen LogP contribution < -0.4 is 5.73 Å². The van der Waals surface area contributed by atoms with Crippen molar-refractivity contribution in [3.8, 4) is 0 Å². The molecule has 0 saturated heterocycles. The molecule has 0 aliphatic heterocycles. The lowest BCUT2D eigenvalue weighted by Gasteiger charge is -2.03. The van der Waals surface area contributed by atoms with Crippen LogP contribution in [-0.4, -0.2) is 6.04 Å². The number of benzene rings is 1. The van der Waals surface area contributed by atoms with E-state index in [1.165, 1.54) is 12.1 Å². The molecule has 2 heteroatoms. The molecule has 0 radical (unpaired) electrons. The van der Waals surface area contributed by atoms with E-state index in [2.05, 4.69) is 0 Å². The number of hydrogen-bond donors (Lipinski definition) is 1. The molecule has 0 aliphatic rings. The lowest BCUT2D eigenvalue weighted by Crippen LogP contribution is -2.17. The van der Waals surface area contributed by atoms with E-state index in [1.54, 1.807) is 6.07 Å². The Morgan fingerprint density at radius 2 is 2.27 bits per heavy atom. The summed E-state index contributed by atoms with van der Waals surface area (Å²) >= 11 is 0. The molecule has 0 aromatic heterocycles. The van der Waals surface area contributed by atoms with Crippen LogP contribution in [0.15, 0.2) is 24.3 Å². The van der Waals surface area contributed by atoms with Crippen LogP contribution in [0, 0.1) is 5.82 Å². The Labute approximate surface area is 66.0 Å². The van der Waals surface area contributed by atoms with Crippen LogP contribution in [0.4, 0.5) is 4.39 Å². The van der Waals surface area contributed by atoms with Crippen molar-refractivity contribution in [1.82, 2.24) is 0 Å². The molecular weight excluding hydrogens is 141 g/mol. The Hall–Kier alpha value is -0.890. The van der Waals surface area contributed by atoms with Gasteiger partial charge in [0.2, 0.25) is 0 Å². The van der Waals surface area contributed by atoms with Crippen LogP contribution in [0.2, 0.25) is 0 Å². The minimum Gasteiger partial charge on any atom is -0.328 e. The summed E-state index contributed by atoms with van der Waals surface area (Å²) in [6.07, 6.45) is 0.734. The Kier molecular flexibility index (Phi) is 2.60. The number of nitrogens with two attached hydrogens (primary N) is 1. The zero-order valence-electron chi connectivity index (χ0n) is 6.55. The molecule has 1 aromatic rings. The number of halogens is 1. The summed E-state index contributed by atoms with van der Waals surface area (Å²) in [6.45, 7) is 1.91. The highest BCUT2D eigenvalue weighted by molar-refractivity contribution is 5.17. The maximum atomic E-state index is 12.6. The summed E-state index contributed by atoms with van der Waals surface area (Å²) in [6, 6.07) is 6.63. The third-order valence-corrected chi connectivity index (χ3v) is 1.45. The fraction of sp³-hybridized carbons (Fsp3) is 0.333. The second-order valence-corrected chi connectivity index (χ2v) is 2.81. The highest BCUT2D eigenvalue weighted by Crippen LogP contribution is 2.04. The fourth-order valence-electron chi connectivity index (χ4n) is 1.04. The first-order valence-corrected chi connectivity index (χ1v) is 3.68. The average Bonchev–Trinajstić information content (AvgIpc) is 1.85. The second-order valence-electron chi connectivity index (χ2n) is 2.81. The zero-order valence-corrected chi connectivity index (χ0v) is 6.55. The van der Waals surface area contributed by atoms with E-state index in [1.807, 2.05) is 13.0 Å². The van der Waals surface area contributed by atoms with Gasteiger partial charge >= 0.3 is 0 Å². The maximum absolute atomic E-state index is 12.6. The van der Waals surface area contributed by atoms with Gasteiger partial charge in [-0.25, -0.2) is 4.39 Å². The molecule has 0 aliphatic carbocycles. The summed E-state index contributed by atoms with van der Waals surface area (Å²) in [4.78, 5) is 0. The normalized spacial score (nSPS) is 13.0. The molecule has 0 unspecified atom stereocenters. The smallest absolute Gasteiger partial charge is 0.123 e. The molecule has 0 spiro atoms. The van der Waals surface area contributed by atoms with Crippen molar-refractivity contribution in [3.05, 3.63) is 35.6 Å². The Morgan fingerprint density at radius 3 is 2.82 bits per heavy atom. The average molecular weight is 153 g/mol. The van der Waals surface area contributed by atoms with Crippen LogP contribution >= 0.6 is 0 Å². The molecule has 0 heterocycles. The molecule has 0 bridgehead atoms. The minimum atomic E-state index is -0.192. The van der Waals surface area contributed by atoms with Crippen molar-refractivity contribution in [3.63, 3.8) is 0 Å². The van der Waals surface area contributed by atoms with Gasteiger partial charge in [-0.1, -0.05) is 12.1 Å². The molecule has 1 atom stereocenters. The van der Waals surface area contributed by atoms with Crippen molar-refractivity contribution < 1.29 is 4.39 Å². The first kappa shape index (κ1) is 8.21. The first-order valence-electron chi connectivity index (χ1n) is 3.68. The largest absolute Gasteiger partial charge is 0.328 e. The summed E-state index contributed by atoms with van der Waals surface area (Å²) in [5, 5.41) is 0. The van der Waals surface area contributed by atoms with E-state index in [4.69, 9.17) is 5.73 Å². The predicted molar refractivity (Wildman–Crippen MR) is 43.8 cm³/mol. The lowest BCUT2D eigenvalue weighted by atomic mass is 10.1. The van der Waals surface area contributed by atoms with E-state index in [0.29, 0.717) is 0 Å². The fourth-order valence-corrected chi connectivity index (χ4v) is 1.04. The molecule has 1 rings (SSSR count). The van der Waals surface area contributed by atoms with Crippen molar-refractivity contribution in [2.75, 3.05) is 0 Å². The highest BCUT2D eigenvalue weighted by atomic mass is 19.1. The second kappa shape index (κ2) is 3.49. The summed E-state index contributed by atoms with van der Waals surface area (Å²) < 4.78 is 12.6. The van der Waals surface area contributed by atoms with Crippen LogP contribution in [-0.2, 0) is 6.42 Å². The van der Waals surface area contributed by atoms with Crippen LogP contribution in [0.5, 0.6) is 0 Å². The van der Waals surface area contributed by atoms with E-state index in [0.717, 1.165) is 12.0 Å². The number of rotatable bonds is 2. The Morgan fingerprint density at radius 1 is 1.55 bits per heavy atom. The van der Waals surface area contributed by atoms with Gasteiger partial charge in [-0.05, 0) is 31.0 Å². The summed E-state index contributed by atoms with van der Waals surface area (Å²) in [5.74, 6) is -0.192. The monoisotopic (exact) mass is 153 g/mol.